The Bertz CT molecular complexity index is 648. The van der Waals surface area contributed by atoms with Crippen molar-refractivity contribution < 1.29 is 14.3 Å². The molecule has 2 rings (SSSR count). The topological polar surface area (TPSA) is 35.5 Å². The zero-order chi connectivity index (χ0) is 15.4. The highest BCUT2D eigenvalue weighted by Gasteiger charge is 2.15. The van der Waals surface area contributed by atoms with E-state index in [0.717, 1.165) is 11.1 Å². The van der Waals surface area contributed by atoms with E-state index in [4.69, 9.17) is 21.1 Å². The third-order valence-electron chi connectivity index (χ3n) is 3.31. The number of benzene rings is 2. The molecule has 110 valence electrons. The molecule has 0 aliphatic heterocycles. The van der Waals surface area contributed by atoms with Crippen LogP contribution in [0.5, 0.6) is 11.5 Å². The van der Waals surface area contributed by atoms with Crippen LogP contribution in [0.25, 0.3) is 0 Å². The van der Waals surface area contributed by atoms with Gasteiger partial charge in [0, 0.05) is 17.0 Å². The van der Waals surface area contributed by atoms with Crippen LogP contribution in [0.4, 0.5) is 0 Å². The molecule has 0 aromatic heterocycles. The summed E-state index contributed by atoms with van der Waals surface area (Å²) in [4.78, 5) is 12.5. The van der Waals surface area contributed by atoms with Gasteiger partial charge in [-0.25, -0.2) is 0 Å². The Labute approximate surface area is 129 Å². The lowest BCUT2D eigenvalue weighted by atomic mass is 9.98. The van der Waals surface area contributed by atoms with Gasteiger partial charge in [-0.15, -0.1) is 0 Å². The normalized spacial score (nSPS) is 10.3. The molecule has 3 nitrogen and oxygen atoms in total. The third kappa shape index (κ3) is 3.56. The van der Waals surface area contributed by atoms with Gasteiger partial charge in [0.05, 0.1) is 14.2 Å². The molecule has 0 aliphatic rings. The minimum Gasteiger partial charge on any atom is -0.493 e. The van der Waals surface area contributed by atoms with E-state index in [2.05, 4.69) is 0 Å². The summed E-state index contributed by atoms with van der Waals surface area (Å²) >= 11 is 5.85. The maximum Gasteiger partial charge on any atom is 0.167 e. The van der Waals surface area contributed by atoms with Gasteiger partial charge < -0.3 is 9.47 Å². The van der Waals surface area contributed by atoms with Gasteiger partial charge in [0.2, 0.25) is 0 Å². The molecule has 2 aromatic rings. The van der Waals surface area contributed by atoms with Gasteiger partial charge in [0.25, 0.3) is 0 Å². The number of aryl methyl sites for hydroxylation is 1. The first-order valence-corrected chi connectivity index (χ1v) is 6.93. The molecule has 0 fully saturated rings. The lowest BCUT2D eigenvalue weighted by molar-refractivity contribution is 0.0992. The standard InChI is InChI=1S/C17H17ClO3/c1-11-8-16(20-2)17(21-3)10-14(11)15(19)9-12-4-6-13(18)7-5-12/h4-8,10H,9H2,1-3H3. The molecule has 0 bridgehead atoms. The van der Waals surface area contributed by atoms with E-state index in [0.29, 0.717) is 28.5 Å². The summed E-state index contributed by atoms with van der Waals surface area (Å²) in [7, 11) is 3.13. The summed E-state index contributed by atoms with van der Waals surface area (Å²) in [5.74, 6) is 1.22. The van der Waals surface area contributed by atoms with Crippen molar-refractivity contribution in [3.05, 3.63) is 58.1 Å². The van der Waals surface area contributed by atoms with Crippen LogP contribution in [0, 0.1) is 6.92 Å². The summed E-state index contributed by atoms with van der Waals surface area (Å²) in [5, 5.41) is 0.661. The fraction of sp³-hybridized carbons (Fsp3) is 0.235. The number of carbonyl (C=O) groups is 1. The molecular formula is C17H17ClO3. The van der Waals surface area contributed by atoms with Gasteiger partial charge in [-0.1, -0.05) is 23.7 Å². The fourth-order valence-electron chi connectivity index (χ4n) is 2.16. The molecular weight excluding hydrogens is 288 g/mol. The Kier molecular flexibility index (Phi) is 4.86. The van der Waals surface area contributed by atoms with E-state index < -0.39 is 0 Å². The molecule has 0 saturated carbocycles. The second kappa shape index (κ2) is 6.64. The van der Waals surface area contributed by atoms with Gasteiger partial charge in [-0.3, -0.25) is 4.79 Å². The van der Waals surface area contributed by atoms with Gasteiger partial charge in [-0.2, -0.15) is 0 Å². The predicted octanol–water partition coefficient (Wildman–Crippen LogP) is 4.09. The maximum atomic E-state index is 12.5. The quantitative estimate of drug-likeness (QED) is 0.780. The monoisotopic (exact) mass is 304 g/mol. The number of Topliss-reactive ketones (excluding diaryl/α,β-unsaturated/α-hetero) is 1. The third-order valence-corrected chi connectivity index (χ3v) is 3.56. The van der Waals surface area contributed by atoms with E-state index in [1.807, 2.05) is 25.1 Å². The second-order valence-corrected chi connectivity index (χ2v) is 5.18. The van der Waals surface area contributed by atoms with Gasteiger partial charge >= 0.3 is 0 Å². The van der Waals surface area contributed by atoms with Crippen molar-refractivity contribution in [2.75, 3.05) is 14.2 Å². The molecule has 2 aromatic carbocycles. The highest BCUT2D eigenvalue weighted by atomic mass is 35.5. The Morgan fingerprint density at radius 1 is 1.05 bits per heavy atom. The number of hydrogen-bond acceptors (Lipinski definition) is 3. The van der Waals surface area contributed by atoms with E-state index in [1.165, 1.54) is 0 Å². The van der Waals surface area contributed by atoms with Crippen molar-refractivity contribution in [1.29, 1.82) is 0 Å². The van der Waals surface area contributed by atoms with Gasteiger partial charge in [0.15, 0.2) is 17.3 Å². The van der Waals surface area contributed by atoms with Crippen LogP contribution < -0.4 is 9.47 Å². The highest BCUT2D eigenvalue weighted by Crippen LogP contribution is 2.30. The van der Waals surface area contributed by atoms with Crippen molar-refractivity contribution in [2.24, 2.45) is 0 Å². The summed E-state index contributed by atoms with van der Waals surface area (Å²) in [6.45, 7) is 1.89. The molecule has 0 radical (unpaired) electrons. The Hall–Kier alpha value is -2.00. The highest BCUT2D eigenvalue weighted by molar-refractivity contribution is 6.30. The van der Waals surface area contributed by atoms with E-state index in [9.17, 15) is 4.79 Å². The Morgan fingerprint density at radius 3 is 2.19 bits per heavy atom. The largest absolute Gasteiger partial charge is 0.493 e. The first kappa shape index (κ1) is 15.4. The van der Waals surface area contributed by atoms with Crippen molar-refractivity contribution in [1.82, 2.24) is 0 Å². The van der Waals surface area contributed by atoms with E-state index in [1.54, 1.807) is 32.4 Å². The number of halogens is 1. The van der Waals surface area contributed by atoms with Crippen molar-refractivity contribution in [3.8, 4) is 11.5 Å². The number of carbonyl (C=O) groups excluding carboxylic acids is 1. The molecule has 4 heteroatoms. The van der Waals surface area contributed by atoms with Gasteiger partial charge in [0.1, 0.15) is 0 Å². The average Bonchev–Trinajstić information content (AvgIpc) is 2.49. The molecule has 0 N–H and O–H groups in total. The minimum absolute atomic E-state index is 0.0378. The maximum absolute atomic E-state index is 12.5. The summed E-state index contributed by atoms with van der Waals surface area (Å²) in [5.41, 5.74) is 2.44. The van der Waals surface area contributed by atoms with E-state index >= 15 is 0 Å². The van der Waals surface area contributed by atoms with Crippen LogP contribution in [0.3, 0.4) is 0 Å². The zero-order valence-electron chi connectivity index (χ0n) is 12.3. The first-order valence-electron chi connectivity index (χ1n) is 6.55. The van der Waals surface area contributed by atoms with Crippen LogP contribution in [0.15, 0.2) is 36.4 Å². The van der Waals surface area contributed by atoms with Crippen molar-refractivity contribution in [2.45, 2.75) is 13.3 Å². The second-order valence-electron chi connectivity index (χ2n) is 4.75. The predicted molar refractivity (Wildman–Crippen MR) is 83.8 cm³/mol. The Balaban J connectivity index is 2.28. The number of rotatable bonds is 5. The molecule has 0 saturated heterocycles. The molecule has 21 heavy (non-hydrogen) atoms. The number of hydrogen-bond donors (Lipinski definition) is 0. The fourth-order valence-corrected chi connectivity index (χ4v) is 2.29. The van der Waals surface area contributed by atoms with Crippen LogP contribution in [-0.2, 0) is 6.42 Å². The Morgan fingerprint density at radius 2 is 1.62 bits per heavy atom. The SMILES string of the molecule is COc1cc(C)c(C(=O)Cc2ccc(Cl)cc2)cc1OC. The summed E-state index contributed by atoms with van der Waals surface area (Å²) in [6.07, 6.45) is 0.327. The van der Waals surface area contributed by atoms with Crippen LogP contribution in [0.1, 0.15) is 21.5 Å². The first-order chi connectivity index (χ1) is 10.0. The molecule has 0 heterocycles. The summed E-state index contributed by atoms with van der Waals surface area (Å²) in [6, 6.07) is 10.8. The molecule has 0 amide bonds. The molecule has 0 atom stereocenters. The smallest absolute Gasteiger partial charge is 0.167 e. The van der Waals surface area contributed by atoms with Crippen LogP contribution in [-0.4, -0.2) is 20.0 Å². The average molecular weight is 305 g/mol. The van der Waals surface area contributed by atoms with Crippen molar-refractivity contribution >= 4 is 17.4 Å². The van der Waals surface area contributed by atoms with Crippen LogP contribution >= 0.6 is 11.6 Å². The zero-order valence-corrected chi connectivity index (χ0v) is 13.0. The van der Waals surface area contributed by atoms with Crippen molar-refractivity contribution in [3.63, 3.8) is 0 Å². The van der Waals surface area contributed by atoms with E-state index in [-0.39, 0.29) is 5.78 Å². The molecule has 0 unspecified atom stereocenters. The van der Waals surface area contributed by atoms with Crippen LogP contribution in [0.2, 0.25) is 5.02 Å². The number of ketones is 1. The minimum atomic E-state index is 0.0378. The number of methoxy groups -OCH3 is 2. The molecule has 0 aliphatic carbocycles. The summed E-state index contributed by atoms with van der Waals surface area (Å²) < 4.78 is 10.5. The lowest BCUT2D eigenvalue weighted by Crippen LogP contribution is -2.07. The number of ether oxygens (including phenoxy) is 2. The molecule has 0 spiro atoms. The van der Waals surface area contributed by atoms with Gasteiger partial charge in [-0.05, 0) is 42.3 Å². The lowest BCUT2D eigenvalue weighted by Gasteiger charge is -2.12.